The molecule has 0 amide bonds. The van der Waals surface area contributed by atoms with E-state index in [1.807, 2.05) is 13.8 Å². The number of benzene rings is 1. The number of aromatic hydroxyl groups is 1. The second-order valence-electron chi connectivity index (χ2n) is 1.71. The first-order chi connectivity index (χ1) is 5.33. The molecule has 0 bridgehead atoms. The molecule has 0 aliphatic rings. The average Bonchev–Trinajstić information content (AvgIpc) is 2.10. The molecule has 1 nitrogen and oxygen atoms in total. The molecule has 0 aliphatic heterocycles. The summed E-state index contributed by atoms with van der Waals surface area (Å²) in [4.78, 5) is 0. The summed E-state index contributed by atoms with van der Waals surface area (Å²) in [7, 11) is 0. The molecule has 0 saturated carbocycles. The zero-order valence-corrected chi connectivity index (χ0v) is 7.56. The standard InChI is InChI=1S/C7H6OS.C2H6/c8-7-3-1-6(5-9)2-4-7;1-2/h1-5,8H;1-2H3. The third-order valence-corrected chi connectivity index (χ3v) is 1.30. The van der Waals surface area contributed by atoms with Crippen LogP contribution in [0.5, 0.6) is 5.75 Å². The van der Waals surface area contributed by atoms with E-state index >= 15 is 0 Å². The van der Waals surface area contributed by atoms with Crippen molar-refractivity contribution in [3.63, 3.8) is 0 Å². The van der Waals surface area contributed by atoms with Crippen molar-refractivity contribution in [3.05, 3.63) is 29.8 Å². The van der Waals surface area contributed by atoms with Crippen molar-refractivity contribution in [3.8, 4) is 5.75 Å². The number of hydrogen-bond donors (Lipinski definition) is 1. The predicted molar refractivity (Wildman–Crippen MR) is 52.2 cm³/mol. The van der Waals surface area contributed by atoms with Crippen molar-refractivity contribution in [2.75, 3.05) is 0 Å². The first kappa shape index (κ1) is 10.1. The maximum absolute atomic E-state index is 8.80. The maximum Gasteiger partial charge on any atom is 0.115 e. The van der Waals surface area contributed by atoms with Gasteiger partial charge in [0.25, 0.3) is 0 Å². The highest BCUT2D eigenvalue weighted by molar-refractivity contribution is 7.79. The Morgan fingerprint density at radius 1 is 1.18 bits per heavy atom. The van der Waals surface area contributed by atoms with E-state index in [9.17, 15) is 0 Å². The number of phenols is 1. The Balaban J connectivity index is 0.000000461. The molecule has 0 radical (unpaired) electrons. The molecule has 0 aromatic heterocycles. The molecule has 1 rings (SSSR count). The van der Waals surface area contributed by atoms with Gasteiger partial charge in [-0.05, 0) is 17.7 Å². The minimum atomic E-state index is 0.274. The molecule has 1 N–H and O–H groups in total. The Morgan fingerprint density at radius 3 is 2.00 bits per heavy atom. The van der Waals surface area contributed by atoms with Crippen LogP contribution in [0.2, 0.25) is 0 Å². The van der Waals surface area contributed by atoms with E-state index in [1.165, 1.54) is 0 Å². The number of thiocarbonyl (C=S) groups is 1. The fraction of sp³-hybridized carbons (Fsp3) is 0.222. The monoisotopic (exact) mass is 168 g/mol. The summed E-state index contributed by atoms with van der Waals surface area (Å²) in [6.45, 7) is 4.00. The van der Waals surface area contributed by atoms with Gasteiger partial charge in [-0.15, -0.1) is 0 Å². The Bertz CT molecular complexity index is 203. The van der Waals surface area contributed by atoms with Crippen LogP contribution < -0.4 is 0 Å². The minimum Gasteiger partial charge on any atom is -0.508 e. The van der Waals surface area contributed by atoms with E-state index in [0.29, 0.717) is 0 Å². The van der Waals surface area contributed by atoms with Gasteiger partial charge < -0.3 is 5.11 Å². The van der Waals surface area contributed by atoms with Crippen molar-refractivity contribution in [2.24, 2.45) is 0 Å². The lowest BCUT2D eigenvalue weighted by Gasteiger charge is -1.89. The molecular formula is C9H12OS. The van der Waals surface area contributed by atoms with Gasteiger partial charge in [0, 0.05) is 5.37 Å². The lowest BCUT2D eigenvalue weighted by molar-refractivity contribution is 0.475. The number of hydrogen-bond acceptors (Lipinski definition) is 2. The molecule has 2 heteroatoms. The van der Waals surface area contributed by atoms with Crippen molar-refractivity contribution in [1.29, 1.82) is 0 Å². The zero-order valence-electron chi connectivity index (χ0n) is 6.74. The summed E-state index contributed by atoms with van der Waals surface area (Å²) < 4.78 is 0. The third kappa shape index (κ3) is 3.73. The quantitative estimate of drug-likeness (QED) is 0.651. The van der Waals surface area contributed by atoms with Crippen LogP contribution in [0.4, 0.5) is 0 Å². The fourth-order valence-electron chi connectivity index (χ4n) is 0.553. The second kappa shape index (κ2) is 5.86. The van der Waals surface area contributed by atoms with E-state index in [1.54, 1.807) is 29.6 Å². The maximum atomic E-state index is 8.80. The third-order valence-electron chi connectivity index (χ3n) is 1.03. The summed E-state index contributed by atoms with van der Waals surface area (Å²) in [6.07, 6.45) is 0. The van der Waals surface area contributed by atoms with E-state index < -0.39 is 0 Å². The van der Waals surface area contributed by atoms with E-state index in [4.69, 9.17) is 5.11 Å². The predicted octanol–water partition coefficient (Wildman–Crippen LogP) is 2.77. The Morgan fingerprint density at radius 2 is 1.64 bits per heavy atom. The molecule has 0 saturated heterocycles. The van der Waals surface area contributed by atoms with Crippen molar-refractivity contribution < 1.29 is 5.11 Å². The van der Waals surface area contributed by atoms with Gasteiger partial charge in [0.2, 0.25) is 0 Å². The summed E-state index contributed by atoms with van der Waals surface area (Å²) in [5.74, 6) is 0.274. The molecule has 0 aliphatic carbocycles. The van der Waals surface area contributed by atoms with Crippen LogP contribution in [0.1, 0.15) is 19.4 Å². The normalized spacial score (nSPS) is 7.82. The zero-order chi connectivity index (χ0) is 8.69. The van der Waals surface area contributed by atoms with E-state index in [-0.39, 0.29) is 5.75 Å². The first-order valence-corrected chi connectivity index (χ1v) is 4.04. The van der Waals surface area contributed by atoms with Gasteiger partial charge in [-0.3, -0.25) is 0 Å². The summed E-state index contributed by atoms with van der Waals surface area (Å²) >= 11 is 4.66. The molecule has 0 heterocycles. The smallest absolute Gasteiger partial charge is 0.115 e. The largest absolute Gasteiger partial charge is 0.508 e. The number of phenolic OH excluding ortho intramolecular Hbond substituents is 1. The van der Waals surface area contributed by atoms with Gasteiger partial charge in [0.15, 0.2) is 0 Å². The molecule has 11 heavy (non-hydrogen) atoms. The Hall–Kier alpha value is -0.890. The van der Waals surface area contributed by atoms with Crippen molar-refractivity contribution in [1.82, 2.24) is 0 Å². The van der Waals surface area contributed by atoms with Crippen LogP contribution in [0.15, 0.2) is 24.3 Å². The van der Waals surface area contributed by atoms with E-state index in [2.05, 4.69) is 12.2 Å². The van der Waals surface area contributed by atoms with Gasteiger partial charge in [-0.25, -0.2) is 0 Å². The summed E-state index contributed by atoms with van der Waals surface area (Å²) in [5, 5.41) is 10.4. The molecule has 1 aromatic carbocycles. The van der Waals surface area contributed by atoms with Gasteiger partial charge in [-0.2, -0.15) is 0 Å². The highest BCUT2D eigenvalue weighted by Gasteiger charge is 1.85. The highest BCUT2D eigenvalue weighted by Crippen LogP contribution is 2.07. The van der Waals surface area contributed by atoms with Crippen LogP contribution in [0.25, 0.3) is 0 Å². The lowest BCUT2D eigenvalue weighted by atomic mass is 10.2. The molecule has 0 spiro atoms. The summed E-state index contributed by atoms with van der Waals surface area (Å²) in [6, 6.07) is 6.75. The molecule has 0 fully saturated rings. The minimum absolute atomic E-state index is 0.274. The molecule has 0 atom stereocenters. The highest BCUT2D eigenvalue weighted by atomic mass is 32.1. The van der Waals surface area contributed by atoms with Crippen molar-refractivity contribution >= 4 is 17.6 Å². The van der Waals surface area contributed by atoms with Crippen molar-refractivity contribution in [2.45, 2.75) is 13.8 Å². The fourth-order valence-corrected chi connectivity index (χ4v) is 0.710. The molecule has 0 unspecified atom stereocenters. The van der Waals surface area contributed by atoms with Crippen LogP contribution in [-0.2, 0) is 0 Å². The van der Waals surface area contributed by atoms with Crippen LogP contribution in [-0.4, -0.2) is 10.5 Å². The SMILES string of the molecule is CC.Oc1ccc(C=S)cc1. The van der Waals surface area contributed by atoms with Gasteiger partial charge in [0.1, 0.15) is 5.75 Å². The Kier molecular flexibility index (Phi) is 5.39. The van der Waals surface area contributed by atoms with Crippen LogP contribution in [0.3, 0.4) is 0 Å². The average molecular weight is 168 g/mol. The second-order valence-corrected chi connectivity index (χ2v) is 1.95. The van der Waals surface area contributed by atoms with Gasteiger partial charge >= 0.3 is 0 Å². The topological polar surface area (TPSA) is 20.2 Å². The van der Waals surface area contributed by atoms with E-state index in [0.717, 1.165) is 5.56 Å². The van der Waals surface area contributed by atoms with Gasteiger partial charge in [0.05, 0.1) is 0 Å². The summed E-state index contributed by atoms with van der Waals surface area (Å²) in [5.41, 5.74) is 0.947. The van der Waals surface area contributed by atoms with Crippen LogP contribution >= 0.6 is 12.2 Å². The Labute approximate surface area is 72.7 Å². The molecular weight excluding hydrogens is 156 g/mol. The van der Waals surface area contributed by atoms with Crippen LogP contribution in [0, 0.1) is 0 Å². The molecule has 1 aromatic rings. The lowest BCUT2D eigenvalue weighted by Crippen LogP contribution is -1.73. The molecule has 60 valence electrons. The van der Waals surface area contributed by atoms with Gasteiger partial charge in [-0.1, -0.05) is 38.2 Å². The number of rotatable bonds is 1. The first-order valence-electron chi connectivity index (χ1n) is 3.57.